The zero-order chi connectivity index (χ0) is 19.9. The van der Waals surface area contributed by atoms with Crippen LogP contribution in [-0.2, 0) is 0 Å². The third-order valence-electron chi connectivity index (χ3n) is 4.66. The zero-order valence-electron chi connectivity index (χ0n) is 15.8. The average Bonchev–Trinajstić information content (AvgIpc) is 2.77. The highest BCUT2D eigenvalue weighted by molar-refractivity contribution is 5.91. The lowest BCUT2D eigenvalue weighted by atomic mass is 9.94. The van der Waals surface area contributed by atoms with Gasteiger partial charge in [-0.1, -0.05) is 42.5 Å². The molecular formula is C24H20N4. The van der Waals surface area contributed by atoms with Crippen molar-refractivity contribution in [1.29, 1.82) is 10.5 Å². The van der Waals surface area contributed by atoms with Crippen LogP contribution in [0.1, 0.15) is 11.1 Å². The molecule has 3 rings (SSSR count). The summed E-state index contributed by atoms with van der Waals surface area (Å²) in [7, 11) is 2.04. The summed E-state index contributed by atoms with van der Waals surface area (Å²) >= 11 is 0. The van der Waals surface area contributed by atoms with Gasteiger partial charge in [0.05, 0.1) is 35.5 Å². The summed E-state index contributed by atoms with van der Waals surface area (Å²) in [5.74, 6) is 0. The van der Waals surface area contributed by atoms with Crippen LogP contribution in [0.3, 0.4) is 0 Å². The summed E-state index contributed by atoms with van der Waals surface area (Å²) in [6.07, 6.45) is 0. The molecule has 4 heteroatoms. The fourth-order valence-corrected chi connectivity index (χ4v) is 3.20. The van der Waals surface area contributed by atoms with Crippen molar-refractivity contribution in [2.75, 3.05) is 25.0 Å². The number of rotatable bonds is 6. The molecule has 28 heavy (non-hydrogen) atoms. The lowest BCUT2D eigenvalue weighted by molar-refractivity contribution is 0.892. The van der Waals surface area contributed by atoms with Crippen molar-refractivity contribution in [3.05, 3.63) is 77.9 Å². The summed E-state index contributed by atoms with van der Waals surface area (Å²) in [4.78, 5) is 6.16. The smallest absolute Gasteiger partial charge is 0.0991 e. The van der Waals surface area contributed by atoms with Crippen molar-refractivity contribution in [2.24, 2.45) is 4.99 Å². The van der Waals surface area contributed by atoms with E-state index in [9.17, 15) is 0 Å². The Hall–Kier alpha value is -3.89. The van der Waals surface area contributed by atoms with E-state index in [1.54, 1.807) is 0 Å². The van der Waals surface area contributed by atoms with Crippen LogP contribution < -0.4 is 4.90 Å². The number of benzene rings is 3. The third-order valence-corrected chi connectivity index (χ3v) is 4.66. The fourth-order valence-electron chi connectivity index (χ4n) is 3.20. The Morgan fingerprint density at radius 2 is 1.29 bits per heavy atom. The van der Waals surface area contributed by atoms with Crippen molar-refractivity contribution in [3.63, 3.8) is 0 Å². The molecule has 0 saturated carbocycles. The van der Waals surface area contributed by atoms with Crippen molar-refractivity contribution < 1.29 is 0 Å². The van der Waals surface area contributed by atoms with E-state index in [2.05, 4.69) is 40.9 Å². The first-order valence-electron chi connectivity index (χ1n) is 8.95. The SMILES string of the molecule is C=NCCN(C)c1c(-c2ccc(C#N)cc2)cccc1-c1ccc(C#N)cc1. The van der Waals surface area contributed by atoms with Gasteiger partial charge < -0.3 is 4.90 Å². The Morgan fingerprint density at radius 1 is 0.821 bits per heavy atom. The maximum absolute atomic E-state index is 9.08. The second-order valence-corrected chi connectivity index (χ2v) is 6.45. The highest BCUT2D eigenvalue weighted by Gasteiger charge is 2.15. The van der Waals surface area contributed by atoms with Crippen LogP contribution in [-0.4, -0.2) is 26.9 Å². The van der Waals surface area contributed by atoms with Gasteiger partial charge in [0.2, 0.25) is 0 Å². The molecule has 0 aliphatic rings. The second kappa shape index (κ2) is 8.66. The Bertz CT molecular complexity index is 976. The van der Waals surface area contributed by atoms with Gasteiger partial charge in [0.1, 0.15) is 0 Å². The van der Waals surface area contributed by atoms with E-state index in [4.69, 9.17) is 10.5 Å². The van der Waals surface area contributed by atoms with Crippen LogP contribution in [0.5, 0.6) is 0 Å². The summed E-state index contributed by atoms with van der Waals surface area (Å²) in [5, 5.41) is 18.2. The Kier molecular flexibility index (Phi) is 5.84. The third kappa shape index (κ3) is 3.92. The monoisotopic (exact) mass is 364 g/mol. The van der Waals surface area contributed by atoms with E-state index in [-0.39, 0.29) is 0 Å². The van der Waals surface area contributed by atoms with Crippen LogP contribution in [0.25, 0.3) is 22.3 Å². The quantitative estimate of drug-likeness (QED) is 0.584. The molecule has 0 bridgehead atoms. The van der Waals surface area contributed by atoms with Crippen molar-refractivity contribution in [2.45, 2.75) is 0 Å². The van der Waals surface area contributed by atoms with Crippen LogP contribution in [0.15, 0.2) is 71.7 Å². The summed E-state index contributed by atoms with van der Waals surface area (Å²) < 4.78 is 0. The molecule has 0 aliphatic carbocycles. The molecule has 0 heterocycles. The minimum atomic E-state index is 0.630. The lowest BCUT2D eigenvalue weighted by Gasteiger charge is -2.25. The van der Waals surface area contributed by atoms with Gasteiger partial charge in [-0.25, -0.2) is 0 Å². The molecule has 0 amide bonds. The van der Waals surface area contributed by atoms with Gasteiger partial charge in [0, 0.05) is 24.7 Å². The van der Waals surface area contributed by atoms with E-state index in [0.717, 1.165) is 34.5 Å². The molecule has 0 radical (unpaired) electrons. The first kappa shape index (κ1) is 18.9. The van der Waals surface area contributed by atoms with Crippen LogP contribution >= 0.6 is 0 Å². The van der Waals surface area contributed by atoms with Gasteiger partial charge in [-0.15, -0.1) is 0 Å². The molecule has 3 aromatic carbocycles. The molecule has 0 spiro atoms. The number of nitriles is 2. The number of hydrogen-bond donors (Lipinski definition) is 0. The number of hydrogen-bond acceptors (Lipinski definition) is 4. The lowest BCUT2D eigenvalue weighted by Crippen LogP contribution is -2.22. The fraction of sp³-hybridized carbons (Fsp3) is 0.125. The maximum atomic E-state index is 9.08. The normalized spacial score (nSPS) is 9.96. The Morgan fingerprint density at radius 3 is 1.68 bits per heavy atom. The van der Waals surface area contributed by atoms with Gasteiger partial charge in [-0.3, -0.25) is 4.99 Å². The molecule has 3 aromatic rings. The van der Waals surface area contributed by atoms with Gasteiger partial charge in [-0.2, -0.15) is 10.5 Å². The van der Waals surface area contributed by atoms with Crippen LogP contribution in [0.2, 0.25) is 0 Å². The Balaban J connectivity index is 2.16. The molecular weight excluding hydrogens is 344 g/mol. The van der Waals surface area contributed by atoms with Gasteiger partial charge in [0.15, 0.2) is 0 Å². The van der Waals surface area contributed by atoms with Crippen LogP contribution in [0.4, 0.5) is 5.69 Å². The molecule has 4 nitrogen and oxygen atoms in total. The van der Waals surface area contributed by atoms with E-state index < -0.39 is 0 Å². The molecule has 0 fully saturated rings. The number of likely N-dealkylation sites (N-methyl/N-ethyl adjacent to an activating group) is 1. The molecule has 0 aliphatic heterocycles. The van der Waals surface area contributed by atoms with E-state index in [0.29, 0.717) is 17.7 Å². The van der Waals surface area contributed by atoms with E-state index in [1.807, 2.05) is 61.6 Å². The molecule has 0 aromatic heterocycles. The number of para-hydroxylation sites is 1. The Labute approximate surface area is 165 Å². The minimum absolute atomic E-state index is 0.630. The predicted molar refractivity (Wildman–Crippen MR) is 114 cm³/mol. The highest BCUT2D eigenvalue weighted by atomic mass is 15.1. The van der Waals surface area contributed by atoms with Gasteiger partial charge >= 0.3 is 0 Å². The highest BCUT2D eigenvalue weighted by Crippen LogP contribution is 2.39. The zero-order valence-corrected chi connectivity index (χ0v) is 15.8. The average molecular weight is 364 g/mol. The number of nitrogens with zero attached hydrogens (tertiary/aromatic N) is 4. The van der Waals surface area contributed by atoms with Crippen molar-refractivity contribution >= 4 is 12.4 Å². The first-order valence-corrected chi connectivity index (χ1v) is 8.95. The number of anilines is 1. The van der Waals surface area contributed by atoms with Crippen molar-refractivity contribution in [1.82, 2.24) is 0 Å². The molecule has 136 valence electrons. The second-order valence-electron chi connectivity index (χ2n) is 6.45. The minimum Gasteiger partial charge on any atom is -0.372 e. The summed E-state index contributed by atoms with van der Waals surface area (Å²) in [6.45, 7) is 4.95. The van der Waals surface area contributed by atoms with E-state index in [1.165, 1.54) is 0 Å². The molecule has 0 atom stereocenters. The van der Waals surface area contributed by atoms with Gasteiger partial charge in [0.25, 0.3) is 0 Å². The summed E-state index contributed by atoms with van der Waals surface area (Å²) in [6, 6.07) is 25.7. The molecule has 0 saturated heterocycles. The van der Waals surface area contributed by atoms with Crippen LogP contribution in [0, 0.1) is 22.7 Å². The number of aliphatic imine (C=N–C) groups is 1. The largest absolute Gasteiger partial charge is 0.372 e. The summed E-state index contributed by atoms with van der Waals surface area (Å²) in [5.41, 5.74) is 6.61. The maximum Gasteiger partial charge on any atom is 0.0991 e. The van der Waals surface area contributed by atoms with Gasteiger partial charge in [-0.05, 0) is 42.1 Å². The van der Waals surface area contributed by atoms with E-state index >= 15 is 0 Å². The van der Waals surface area contributed by atoms with Crippen molar-refractivity contribution in [3.8, 4) is 34.4 Å². The molecule has 0 N–H and O–H groups in total. The topological polar surface area (TPSA) is 63.2 Å². The first-order chi connectivity index (χ1) is 13.7. The molecule has 0 unspecified atom stereocenters. The predicted octanol–water partition coefficient (Wildman–Crippen LogP) is 4.90. The standard InChI is InChI=1S/C24H20N4/c1-27-14-15-28(2)24-22(20-10-6-18(16-25)7-11-20)4-3-5-23(24)21-12-8-19(17-26)9-13-21/h3-13H,1,14-15H2,2H3.